The summed E-state index contributed by atoms with van der Waals surface area (Å²) < 4.78 is 2.98. The van der Waals surface area contributed by atoms with E-state index < -0.39 is 0 Å². The maximum atomic E-state index is 12.8. The Morgan fingerprint density at radius 2 is 1.92 bits per heavy atom. The summed E-state index contributed by atoms with van der Waals surface area (Å²) >= 11 is 6.81. The molecule has 0 atom stereocenters. The molecule has 1 aliphatic carbocycles. The van der Waals surface area contributed by atoms with Crippen LogP contribution in [0.5, 0.6) is 0 Å². The molecule has 2 aromatic rings. The van der Waals surface area contributed by atoms with Crippen LogP contribution in [0, 0.1) is 13.8 Å². The highest BCUT2D eigenvalue weighted by atomic mass is 32.2. The minimum atomic E-state index is -0.0348. The van der Waals surface area contributed by atoms with Crippen molar-refractivity contribution < 1.29 is 4.79 Å². The lowest BCUT2D eigenvalue weighted by molar-refractivity contribution is -0.113. The molecule has 24 heavy (non-hydrogen) atoms. The Kier molecular flexibility index (Phi) is 3.85. The van der Waals surface area contributed by atoms with Crippen LogP contribution in [0.3, 0.4) is 0 Å². The quantitative estimate of drug-likeness (QED) is 0.582. The number of aryl methyl sites for hydroxylation is 1. The van der Waals surface area contributed by atoms with Crippen LogP contribution in [-0.2, 0) is 4.79 Å². The Morgan fingerprint density at radius 1 is 1.21 bits per heavy atom. The van der Waals surface area contributed by atoms with E-state index in [2.05, 4.69) is 24.5 Å². The second-order valence-electron chi connectivity index (χ2n) is 6.28. The summed E-state index contributed by atoms with van der Waals surface area (Å²) in [7, 11) is 0. The van der Waals surface area contributed by atoms with Crippen molar-refractivity contribution in [3.63, 3.8) is 0 Å². The zero-order valence-corrected chi connectivity index (χ0v) is 15.3. The Morgan fingerprint density at radius 3 is 2.58 bits per heavy atom. The molecule has 4 rings (SSSR count). The largest absolute Gasteiger partial charge is 0.346 e. The molecule has 2 fully saturated rings. The van der Waals surface area contributed by atoms with Gasteiger partial charge in [-0.25, -0.2) is 0 Å². The van der Waals surface area contributed by atoms with Gasteiger partial charge in [-0.3, -0.25) is 9.69 Å². The molecule has 1 aliphatic heterocycles. The molecule has 1 saturated carbocycles. The van der Waals surface area contributed by atoms with E-state index in [0.29, 0.717) is 15.3 Å². The van der Waals surface area contributed by atoms with Gasteiger partial charge in [0.05, 0.1) is 10.6 Å². The highest BCUT2D eigenvalue weighted by Gasteiger charge is 2.34. The fourth-order valence-corrected chi connectivity index (χ4v) is 4.54. The first kappa shape index (κ1) is 15.7. The van der Waals surface area contributed by atoms with Crippen LogP contribution >= 0.6 is 24.0 Å². The Hall–Kier alpha value is -1.85. The number of nitrogens with zero attached hydrogens (tertiary/aromatic N) is 2. The molecule has 5 heteroatoms. The van der Waals surface area contributed by atoms with Crippen LogP contribution in [0.25, 0.3) is 6.08 Å². The minimum absolute atomic E-state index is 0.0348. The highest BCUT2D eigenvalue weighted by molar-refractivity contribution is 8.27. The lowest BCUT2D eigenvalue weighted by Gasteiger charge is -2.13. The van der Waals surface area contributed by atoms with Crippen LogP contribution in [-0.4, -0.2) is 14.8 Å². The zero-order valence-electron chi connectivity index (χ0n) is 13.7. The van der Waals surface area contributed by atoms with Gasteiger partial charge in [-0.15, -0.1) is 0 Å². The number of carbonyl (C=O) groups excluding carboxylic acids is 1. The summed E-state index contributed by atoms with van der Waals surface area (Å²) in [6.07, 6.45) is 4.50. The topological polar surface area (TPSA) is 25.2 Å². The van der Waals surface area contributed by atoms with Gasteiger partial charge >= 0.3 is 0 Å². The summed E-state index contributed by atoms with van der Waals surface area (Å²) in [5, 5.41) is 0. The van der Waals surface area contributed by atoms with Gasteiger partial charge in [0.15, 0.2) is 4.32 Å². The number of thiocarbonyl (C=S) groups is 1. The van der Waals surface area contributed by atoms with Gasteiger partial charge in [0.2, 0.25) is 0 Å². The first-order chi connectivity index (χ1) is 11.6. The van der Waals surface area contributed by atoms with Crippen molar-refractivity contribution in [2.24, 2.45) is 0 Å². The summed E-state index contributed by atoms with van der Waals surface area (Å²) in [5.41, 5.74) is 4.44. The average molecular weight is 355 g/mol. The van der Waals surface area contributed by atoms with Crippen LogP contribution in [0.4, 0.5) is 5.69 Å². The van der Waals surface area contributed by atoms with E-state index in [9.17, 15) is 4.79 Å². The number of rotatable bonds is 3. The van der Waals surface area contributed by atoms with E-state index in [1.807, 2.05) is 36.4 Å². The second-order valence-corrected chi connectivity index (χ2v) is 7.96. The number of amides is 1. The van der Waals surface area contributed by atoms with E-state index in [0.717, 1.165) is 11.3 Å². The van der Waals surface area contributed by atoms with E-state index >= 15 is 0 Å². The minimum Gasteiger partial charge on any atom is -0.346 e. The van der Waals surface area contributed by atoms with Crippen molar-refractivity contribution >= 4 is 46.0 Å². The van der Waals surface area contributed by atoms with E-state index in [1.165, 1.54) is 36.0 Å². The molecule has 0 spiro atoms. The first-order valence-corrected chi connectivity index (χ1v) is 9.30. The highest BCUT2D eigenvalue weighted by Crippen LogP contribution is 2.40. The van der Waals surface area contributed by atoms with Gasteiger partial charge in [0, 0.05) is 17.4 Å². The van der Waals surface area contributed by atoms with Gasteiger partial charge in [0.25, 0.3) is 5.91 Å². The fraction of sp³-hybridized carbons (Fsp3) is 0.263. The number of benzene rings is 1. The summed E-state index contributed by atoms with van der Waals surface area (Å²) in [6.45, 7) is 4.27. The summed E-state index contributed by atoms with van der Waals surface area (Å²) in [5.74, 6) is -0.0348. The van der Waals surface area contributed by atoms with Crippen molar-refractivity contribution in [3.05, 3.63) is 58.3 Å². The van der Waals surface area contributed by atoms with Gasteiger partial charge in [-0.05, 0) is 56.5 Å². The van der Waals surface area contributed by atoms with Crippen LogP contribution in [0.1, 0.15) is 35.8 Å². The standard InChI is InChI=1S/C19H18N2OS2/c1-12-10-14(13(2)20(12)16-8-9-16)11-17-18(22)21(19(23)24-17)15-6-4-3-5-7-15/h3-7,10-11,16H,8-9H2,1-2H3/b17-11-. The third kappa shape index (κ3) is 2.62. The molecule has 3 nitrogen and oxygen atoms in total. The van der Waals surface area contributed by atoms with Crippen molar-refractivity contribution in [1.29, 1.82) is 0 Å². The van der Waals surface area contributed by atoms with Crippen LogP contribution < -0.4 is 4.90 Å². The number of carbonyl (C=O) groups is 1. The van der Waals surface area contributed by atoms with Gasteiger partial charge < -0.3 is 4.57 Å². The SMILES string of the molecule is Cc1cc(/C=C2\SC(=S)N(c3ccccc3)C2=O)c(C)n1C1CC1. The molecule has 1 aromatic heterocycles. The van der Waals surface area contributed by atoms with Crippen molar-refractivity contribution in [2.45, 2.75) is 32.7 Å². The predicted molar refractivity (Wildman–Crippen MR) is 104 cm³/mol. The van der Waals surface area contributed by atoms with Crippen molar-refractivity contribution in [2.75, 3.05) is 4.90 Å². The molecule has 1 aromatic carbocycles. The normalized spacial score (nSPS) is 19.6. The molecular formula is C19H18N2OS2. The summed E-state index contributed by atoms with van der Waals surface area (Å²) in [4.78, 5) is 15.1. The lowest BCUT2D eigenvalue weighted by Crippen LogP contribution is -2.27. The van der Waals surface area contributed by atoms with Crippen molar-refractivity contribution in [1.82, 2.24) is 4.57 Å². The van der Waals surface area contributed by atoms with Crippen LogP contribution in [0.2, 0.25) is 0 Å². The first-order valence-electron chi connectivity index (χ1n) is 8.07. The van der Waals surface area contributed by atoms with E-state index in [1.54, 1.807) is 4.90 Å². The molecule has 0 unspecified atom stereocenters. The monoisotopic (exact) mass is 354 g/mol. The number of hydrogen-bond acceptors (Lipinski definition) is 3. The zero-order chi connectivity index (χ0) is 16.8. The molecule has 0 bridgehead atoms. The number of thioether (sulfide) groups is 1. The number of para-hydroxylation sites is 1. The Balaban J connectivity index is 1.68. The predicted octanol–water partition coefficient (Wildman–Crippen LogP) is 4.85. The number of aromatic nitrogens is 1. The molecule has 0 radical (unpaired) electrons. The average Bonchev–Trinajstić information content (AvgIpc) is 3.29. The molecule has 0 N–H and O–H groups in total. The second kappa shape index (κ2) is 5.90. The smallest absolute Gasteiger partial charge is 0.270 e. The number of anilines is 1. The lowest BCUT2D eigenvalue weighted by atomic mass is 10.2. The van der Waals surface area contributed by atoms with Gasteiger partial charge in [0.1, 0.15) is 0 Å². The summed E-state index contributed by atoms with van der Waals surface area (Å²) in [6, 6.07) is 12.4. The molecule has 2 heterocycles. The van der Waals surface area contributed by atoms with Gasteiger partial charge in [-0.2, -0.15) is 0 Å². The third-order valence-corrected chi connectivity index (χ3v) is 5.83. The fourth-order valence-electron chi connectivity index (χ4n) is 3.25. The Bertz CT molecular complexity index is 863. The third-order valence-electron chi connectivity index (χ3n) is 4.53. The maximum absolute atomic E-state index is 12.8. The van der Waals surface area contributed by atoms with Gasteiger partial charge in [-0.1, -0.05) is 42.2 Å². The molecular weight excluding hydrogens is 336 g/mol. The molecule has 2 aliphatic rings. The van der Waals surface area contributed by atoms with Crippen LogP contribution in [0.15, 0.2) is 41.3 Å². The van der Waals surface area contributed by atoms with E-state index in [-0.39, 0.29) is 5.91 Å². The van der Waals surface area contributed by atoms with E-state index in [4.69, 9.17) is 12.2 Å². The molecule has 1 saturated heterocycles. The maximum Gasteiger partial charge on any atom is 0.270 e. The molecule has 1 amide bonds. The van der Waals surface area contributed by atoms with Crippen molar-refractivity contribution in [3.8, 4) is 0 Å². The number of hydrogen-bond donors (Lipinski definition) is 0. The Labute approximate surface area is 151 Å². The molecule has 122 valence electrons.